The second kappa shape index (κ2) is 12.2. The topological polar surface area (TPSA) is 75.3 Å². The second-order valence-electron chi connectivity index (χ2n) is 7.66. The Balaban J connectivity index is 1.67. The van der Waals surface area contributed by atoms with Gasteiger partial charge >= 0.3 is 0 Å². The average molecular weight is 441 g/mol. The van der Waals surface area contributed by atoms with Crippen LogP contribution in [0.1, 0.15) is 51.6 Å². The number of rotatable bonds is 10. The van der Waals surface area contributed by atoms with Gasteiger partial charge in [0.2, 0.25) is 0 Å². The molecular weight excluding hydrogens is 412 g/mol. The predicted octanol–water partition coefficient (Wildman–Crippen LogP) is 4.75. The van der Waals surface area contributed by atoms with Crippen LogP contribution in [0.3, 0.4) is 0 Å². The van der Waals surface area contributed by atoms with Gasteiger partial charge in [0.15, 0.2) is 5.78 Å². The summed E-state index contributed by atoms with van der Waals surface area (Å²) in [6.45, 7) is 1.81. The molecule has 0 radical (unpaired) electrons. The minimum absolute atomic E-state index is 0.145. The van der Waals surface area contributed by atoms with Crippen LogP contribution in [0.4, 0.5) is 0 Å². The standard InChI is InChI=1S/C28H28N2O3/c1-2-11-25(26(31)20-29-27(32)23-15-7-4-8-16-23)30-28(33)24-17-10-9-14-22(24)19-18-21-12-5-3-6-13-21/h3-10,12-19,25H,2,11,20H2,1H3,(H,29,32)(H,30,33). The molecule has 0 aliphatic heterocycles. The van der Waals surface area contributed by atoms with E-state index < -0.39 is 6.04 Å². The van der Waals surface area contributed by atoms with Gasteiger partial charge in [-0.3, -0.25) is 14.4 Å². The summed E-state index contributed by atoms with van der Waals surface area (Å²) in [6.07, 6.45) is 5.05. The number of carbonyl (C=O) groups is 3. The molecular formula is C28H28N2O3. The van der Waals surface area contributed by atoms with E-state index in [2.05, 4.69) is 10.6 Å². The zero-order valence-corrected chi connectivity index (χ0v) is 18.7. The molecule has 0 saturated carbocycles. The SMILES string of the molecule is CCCC(NC(=O)c1ccccc1C=Cc1ccccc1)C(=O)CNC(=O)c1ccccc1. The molecule has 0 saturated heterocycles. The van der Waals surface area contributed by atoms with Gasteiger partial charge in [0, 0.05) is 11.1 Å². The average Bonchev–Trinajstić information content (AvgIpc) is 2.86. The van der Waals surface area contributed by atoms with Crippen LogP contribution in [0.15, 0.2) is 84.9 Å². The number of ketones is 1. The van der Waals surface area contributed by atoms with Crippen molar-refractivity contribution in [3.05, 3.63) is 107 Å². The lowest BCUT2D eigenvalue weighted by molar-refractivity contribution is -0.120. The summed E-state index contributed by atoms with van der Waals surface area (Å²) in [7, 11) is 0. The fourth-order valence-electron chi connectivity index (χ4n) is 3.42. The van der Waals surface area contributed by atoms with Crippen LogP contribution in [-0.2, 0) is 4.79 Å². The molecule has 2 N–H and O–H groups in total. The maximum absolute atomic E-state index is 13.0. The summed E-state index contributed by atoms with van der Waals surface area (Å²) < 4.78 is 0. The van der Waals surface area contributed by atoms with E-state index in [9.17, 15) is 14.4 Å². The minimum atomic E-state index is -0.676. The smallest absolute Gasteiger partial charge is 0.252 e. The Bertz CT molecular complexity index is 1110. The summed E-state index contributed by atoms with van der Waals surface area (Å²) in [5.74, 6) is -0.863. The van der Waals surface area contributed by atoms with Gasteiger partial charge in [0.05, 0.1) is 12.6 Å². The van der Waals surface area contributed by atoms with Crippen molar-refractivity contribution in [1.82, 2.24) is 10.6 Å². The molecule has 33 heavy (non-hydrogen) atoms. The second-order valence-corrected chi connectivity index (χ2v) is 7.66. The lowest BCUT2D eigenvalue weighted by Gasteiger charge is -2.18. The summed E-state index contributed by atoms with van der Waals surface area (Å²) in [5, 5.41) is 5.51. The molecule has 2 amide bonds. The molecule has 1 unspecified atom stereocenters. The first-order valence-electron chi connectivity index (χ1n) is 11.1. The number of carbonyl (C=O) groups excluding carboxylic acids is 3. The van der Waals surface area contributed by atoms with Crippen molar-refractivity contribution in [1.29, 1.82) is 0 Å². The highest BCUT2D eigenvalue weighted by atomic mass is 16.2. The summed E-state index contributed by atoms with van der Waals surface area (Å²) in [6, 6.07) is 25.1. The zero-order valence-electron chi connectivity index (χ0n) is 18.7. The van der Waals surface area contributed by atoms with Crippen LogP contribution in [0.25, 0.3) is 12.2 Å². The molecule has 0 bridgehead atoms. The number of hydrogen-bond donors (Lipinski definition) is 2. The maximum atomic E-state index is 13.0. The molecule has 5 heteroatoms. The largest absolute Gasteiger partial charge is 0.345 e. The van der Waals surface area contributed by atoms with Crippen LogP contribution in [0.5, 0.6) is 0 Å². The van der Waals surface area contributed by atoms with Gasteiger partial charge in [-0.15, -0.1) is 0 Å². The normalized spacial score (nSPS) is 11.7. The first-order valence-corrected chi connectivity index (χ1v) is 11.1. The molecule has 3 rings (SSSR count). The lowest BCUT2D eigenvalue weighted by atomic mass is 10.0. The number of amides is 2. The van der Waals surface area contributed by atoms with Gasteiger partial charge in [-0.25, -0.2) is 0 Å². The van der Waals surface area contributed by atoms with E-state index in [0.717, 1.165) is 17.5 Å². The van der Waals surface area contributed by atoms with E-state index in [4.69, 9.17) is 0 Å². The first kappa shape index (κ1) is 23.7. The van der Waals surface area contributed by atoms with Crippen molar-refractivity contribution < 1.29 is 14.4 Å². The number of nitrogens with one attached hydrogen (secondary N) is 2. The Morgan fingerprint density at radius 2 is 1.42 bits per heavy atom. The third-order valence-corrected chi connectivity index (χ3v) is 5.19. The van der Waals surface area contributed by atoms with E-state index in [-0.39, 0.29) is 24.1 Å². The molecule has 0 aliphatic carbocycles. The van der Waals surface area contributed by atoms with Crippen molar-refractivity contribution in [3.8, 4) is 0 Å². The quantitative estimate of drug-likeness (QED) is 0.447. The first-order chi connectivity index (χ1) is 16.1. The Labute approximate surface area is 194 Å². The van der Waals surface area contributed by atoms with Gasteiger partial charge in [-0.05, 0) is 35.7 Å². The van der Waals surface area contributed by atoms with Crippen LogP contribution < -0.4 is 10.6 Å². The highest BCUT2D eigenvalue weighted by Crippen LogP contribution is 2.14. The minimum Gasteiger partial charge on any atom is -0.345 e. The molecule has 168 valence electrons. The third kappa shape index (κ3) is 7.01. The highest BCUT2D eigenvalue weighted by molar-refractivity contribution is 6.02. The monoisotopic (exact) mass is 440 g/mol. The van der Waals surface area contributed by atoms with E-state index in [1.54, 1.807) is 36.4 Å². The maximum Gasteiger partial charge on any atom is 0.252 e. The van der Waals surface area contributed by atoms with Crippen LogP contribution in [0.2, 0.25) is 0 Å². The Morgan fingerprint density at radius 3 is 2.12 bits per heavy atom. The molecule has 1 atom stereocenters. The Kier molecular flexibility index (Phi) is 8.71. The Morgan fingerprint density at radius 1 is 0.788 bits per heavy atom. The van der Waals surface area contributed by atoms with Gasteiger partial charge in [0.1, 0.15) is 0 Å². The van der Waals surface area contributed by atoms with Gasteiger partial charge in [0.25, 0.3) is 11.8 Å². The van der Waals surface area contributed by atoms with Crippen molar-refractivity contribution in [2.24, 2.45) is 0 Å². The predicted molar refractivity (Wildman–Crippen MR) is 132 cm³/mol. The number of hydrogen-bond acceptors (Lipinski definition) is 3. The van der Waals surface area contributed by atoms with Crippen molar-refractivity contribution in [2.75, 3.05) is 6.54 Å². The fraction of sp³-hybridized carbons (Fsp3) is 0.179. The molecule has 3 aromatic rings. The molecule has 0 spiro atoms. The molecule has 0 aliphatic rings. The van der Waals surface area contributed by atoms with Crippen LogP contribution in [0, 0.1) is 0 Å². The molecule has 0 aromatic heterocycles. The Hall–Kier alpha value is -3.99. The van der Waals surface area contributed by atoms with Crippen LogP contribution in [-0.4, -0.2) is 30.2 Å². The van der Waals surface area contributed by atoms with E-state index in [1.165, 1.54) is 0 Å². The molecule has 0 heterocycles. The lowest BCUT2D eigenvalue weighted by Crippen LogP contribution is -2.45. The summed E-state index contributed by atoms with van der Waals surface area (Å²) in [5.41, 5.74) is 2.77. The van der Waals surface area contributed by atoms with Crippen molar-refractivity contribution in [2.45, 2.75) is 25.8 Å². The molecule has 3 aromatic carbocycles. The van der Waals surface area contributed by atoms with Crippen molar-refractivity contribution >= 4 is 29.7 Å². The van der Waals surface area contributed by atoms with Crippen LogP contribution >= 0.6 is 0 Å². The van der Waals surface area contributed by atoms with Gasteiger partial charge in [-0.2, -0.15) is 0 Å². The fourth-order valence-corrected chi connectivity index (χ4v) is 3.42. The third-order valence-electron chi connectivity index (χ3n) is 5.19. The van der Waals surface area contributed by atoms with E-state index in [0.29, 0.717) is 17.5 Å². The molecule has 0 fully saturated rings. The van der Waals surface area contributed by atoms with E-state index in [1.807, 2.05) is 67.6 Å². The van der Waals surface area contributed by atoms with E-state index >= 15 is 0 Å². The number of Topliss-reactive ketones (excluding diaryl/α,β-unsaturated/α-hetero) is 1. The highest BCUT2D eigenvalue weighted by Gasteiger charge is 2.22. The zero-order chi connectivity index (χ0) is 23.5. The molecule has 5 nitrogen and oxygen atoms in total. The summed E-state index contributed by atoms with van der Waals surface area (Å²) >= 11 is 0. The van der Waals surface area contributed by atoms with Gasteiger partial charge in [-0.1, -0.05) is 92.2 Å². The number of benzene rings is 3. The summed E-state index contributed by atoms with van der Waals surface area (Å²) in [4.78, 5) is 38.1. The van der Waals surface area contributed by atoms with Crippen molar-refractivity contribution in [3.63, 3.8) is 0 Å². The van der Waals surface area contributed by atoms with Gasteiger partial charge < -0.3 is 10.6 Å².